The number of hydrogen-bond acceptors (Lipinski definition) is 1. The summed E-state index contributed by atoms with van der Waals surface area (Å²) in [5, 5.41) is 2.54. The SMILES string of the molecule is Cc1ccc2[nH]c(-c3ccc(-c4cc5cc(C)ccc5[nH]4)s3)cc2c1. The molecular formula is C22H18N2S. The molecule has 5 aromatic rings. The molecular weight excluding hydrogens is 324 g/mol. The molecule has 25 heavy (non-hydrogen) atoms. The minimum atomic E-state index is 1.18. The summed E-state index contributed by atoms with van der Waals surface area (Å²) >= 11 is 1.82. The minimum absolute atomic E-state index is 1.18. The zero-order chi connectivity index (χ0) is 17.0. The molecule has 5 rings (SSSR count). The highest BCUT2D eigenvalue weighted by Crippen LogP contribution is 2.36. The maximum Gasteiger partial charge on any atom is 0.0566 e. The van der Waals surface area contributed by atoms with Crippen LogP contribution in [0.15, 0.2) is 60.7 Å². The number of aromatic nitrogens is 2. The summed E-state index contributed by atoms with van der Waals surface area (Å²) in [6.07, 6.45) is 0. The van der Waals surface area contributed by atoms with Gasteiger partial charge in [0, 0.05) is 21.8 Å². The Labute approximate surface area is 150 Å². The van der Waals surface area contributed by atoms with Gasteiger partial charge in [0.15, 0.2) is 0 Å². The second kappa shape index (κ2) is 5.36. The van der Waals surface area contributed by atoms with E-state index >= 15 is 0 Å². The first-order chi connectivity index (χ1) is 12.2. The van der Waals surface area contributed by atoms with E-state index in [9.17, 15) is 0 Å². The number of rotatable bonds is 2. The Balaban J connectivity index is 1.56. The molecule has 0 unspecified atom stereocenters. The van der Waals surface area contributed by atoms with Crippen molar-refractivity contribution in [3.63, 3.8) is 0 Å². The lowest BCUT2D eigenvalue weighted by Gasteiger charge is -1.92. The van der Waals surface area contributed by atoms with Crippen molar-refractivity contribution >= 4 is 33.1 Å². The summed E-state index contributed by atoms with van der Waals surface area (Å²) in [4.78, 5) is 9.60. The fourth-order valence-corrected chi connectivity index (χ4v) is 4.35. The lowest BCUT2D eigenvalue weighted by molar-refractivity contribution is 1.46. The number of benzene rings is 2. The zero-order valence-electron chi connectivity index (χ0n) is 14.2. The van der Waals surface area contributed by atoms with Crippen molar-refractivity contribution in [2.24, 2.45) is 0 Å². The molecule has 0 aliphatic rings. The summed E-state index contributed by atoms with van der Waals surface area (Å²) in [7, 11) is 0. The third-order valence-corrected chi connectivity index (χ3v) is 5.84. The largest absolute Gasteiger partial charge is 0.354 e. The van der Waals surface area contributed by atoms with Gasteiger partial charge in [-0.05, 0) is 62.4 Å². The molecule has 0 saturated heterocycles. The van der Waals surface area contributed by atoms with Gasteiger partial charge in [-0.1, -0.05) is 23.3 Å². The Bertz CT molecular complexity index is 1130. The molecule has 3 aromatic heterocycles. The van der Waals surface area contributed by atoms with E-state index < -0.39 is 0 Å². The number of thiophene rings is 1. The molecule has 122 valence electrons. The van der Waals surface area contributed by atoms with Crippen molar-refractivity contribution in [2.75, 3.05) is 0 Å². The van der Waals surface area contributed by atoms with Gasteiger partial charge in [0.25, 0.3) is 0 Å². The zero-order valence-corrected chi connectivity index (χ0v) is 15.0. The Morgan fingerprint density at radius 1 is 0.600 bits per heavy atom. The van der Waals surface area contributed by atoms with Gasteiger partial charge in [0.1, 0.15) is 0 Å². The maximum atomic E-state index is 3.54. The third-order valence-electron chi connectivity index (χ3n) is 4.69. The highest BCUT2D eigenvalue weighted by molar-refractivity contribution is 7.18. The van der Waals surface area contributed by atoms with Crippen molar-refractivity contribution in [2.45, 2.75) is 13.8 Å². The topological polar surface area (TPSA) is 31.6 Å². The summed E-state index contributed by atoms with van der Waals surface area (Å²) in [6.45, 7) is 4.26. The second-order valence-electron chi connectivity index (χ2n) is 6.71. The Morgan fingerprint density at radius 2 is 1.08 bits per heavy atom. The molecule has 3 heteroatoms. The van der Waals surface area contributed by atoms with E-state index in [2.05, 4.69) is 84.5 Å². The molecule has 0 bridgehead atoms. The fourth-order valence-electron chi connectivity index (χ4n) is 3.40. The molecule has 0 aliphatic carbocycles. The number of nitrogens with one attached hydrogen (secondary N) is 2. The monoisotopic (exact) mass is 342 g/mol. The lowest BCUT2D eigenvalue weighted by Crippen LogP contribution is -1.71. The first kappa shape index (κ1) is 14.6. The average Bonchev–Trinajstić information content (AvgIpc) is 3.30. The van der Waals surface area contributed by atoms with Crippen LogP contribution in [0.2, 0.25) is 0 Å². The molecule has 2 aromatic carbocycles. The van der Waals surface area contributed by atoms with Gasteiger partial charge in [-0.3, -0.25) is 0 Å². The summed E-state index contributed by atoms with van der Waals surface area (Å²) in [5.41, 5.74) is 7.33. The summed E-state index contributed by atoms with van der Waals surface area (Å²) < 4.78 is 0. The lowest BCUT2D eigenvalue weighted by atomic mass is 10.2. The smallest absolute Gasteiger partial charge is 0.0566 e. The van der Waals surface area contributed by atoms with Gasteiger partial charge >= 0.3 is 0 Å². The van der Waals surface area contributed by atoms with E-state index in [1.165, 1.54) is 54.1 Å². The van der Waals surface area contributed by atoms with E-state index in [1.807, 2.05) is 11.3 Å². The van der Waals surface area contributed by atoms with Crippen molar-refractivity contribution in [1.82, 2.24) is 9.97 Å². The molecule has 2 N–H and O–H groups in total. The van der Waals surface area contributed by atoms with Crippen LogP contribution < -0.4 is 0 Å². The van der Waals surface area contributed by atoms with Crippen molar-refractivity contribution in [1.29, 1.82) is 0 Å². The van der Waals surface area contributed by atoms with Crippen LogP contribution in [-0.2, 0) is 0 Å². The van der Waals surface area contributed by atoms with Gasteiger partial charge in [0.05, 0.1) is 21.1 Å². The average molecular weight is 342 g/mol. The number of H-pyrrole nitrogens is 2. The molecule has 3 heterocycles. The Morgan fingerprint density at radius 3 is 1.56 bits per heavy atom. The van der Waals surface area contributed by atoms with Gasteiger partial charge in [-0.25, -0.2) is 0 Å². The molecule has 2 nitrogen and oxygen atoms in total. The first-order valence-corrected chi connectivity index (χ1v) is 9.27. The molecule has 0 atom stereocenters. The number of aryl methyl sites for hydroxylation is 2. The van der Waals surface area contributed by atoms with Crippen molar-refractivity contribution < 1.29 is 0 Å². The van der Waals surface area contributed by atoms with Crippen LogP contribution >= 0.6 is 11.3 Å². The highest BCUT2D eigenvalue weighted by atomic mass is 32.1. The van der Waals surface area contributed by atoms with Crippen LogP contribution in [0.5, 0.6) is 0 Å². The van der Waals surface area contributed by atoms with Gasteiger partial charge in [-0.15, -0.1) is 11.3 Å². The Kier molecular flexibility index (Phi) is 3.12. The molecule has 0 radical (unpaired) electrons. The normalized spacial score (nSPS) is 11.6. The minimum Gasteiger partial charge on any atom is -0.354 e. The van der Waals surface area contributed by atoms with Crippen LogP contribution in [0.25, 0.3) is 42.9 Å². The maximum absolute atomic E-state index is 3.54. The first-order valence-electron chi connectivity index (χ1n) is 8.45. The third kappa shape index (κ3) is 2.48. The van der Waals surface area contributed by atoms with E-state index in [0.29, 0.717) is 0 Å². The predicted octanol–water partition coefficient (Wildman–Crippen LogP) is 6.66. The number of hydrogen-bond donors (Lipinski definition) is 2. The van der Waals surface area contributed by atoms with Gasteiger partial charge in [0.2, 0.25) is 0 Å². The van der Waals surface area contributed by atoms with E-state index in [0.717, 1.165) is 0 Å². The molecule has 0 aliphatic heterocycles. The van der Waals surface area contributed by atoms with E-state index in [4.69, 9.17) is 0 Å². The summed E-state index contributed by atoms with van der Waals surface area (Å²) in [5.74, 6) is 0. The van der Waals surface area contributed by atoms with Crippen LogP contribution in [0.4, 0.5) is 0 Å². The van der Waals surface area contributed by atoms with Crippen LogP contribution in [-0.4, -0.2) is 9.97 Å². The van der Waals surface area contributed by atoms with E-state index in [1.54, 1.807) is 0 Å². The standard InChI is InChI=1S/C22H18N2S/c1-13-3-5-17-15(9-13)11-19(23-17)21-7-8-22(25-21)20-12-16-10-14(2)4-6-18(16)24-20/h3-12,23-24H,1-2H3. The molecule has 0 amide bonds. The second-order valence-corrected chi connectivity index (χ2v) is 7.80. The molecule has 0 fully saturated rings. The summed E-state index contributed by atoms with van der Waals surface area (Å²) in [6, 6.07) is 21.9. The Hall–Kier alpha value is -2.78. The van der Waals surface area contributed by atoms with Crippen LogP contribution in [0, 0.1) is 13.8 Å². The van der Waals surface area contributed by atoms with Crippen molar-refractivity contribution in [3.8, 4) is 21.1 Å². The quantitative estimate of drug-likeness (QED) is 0.359. The predicted molar refractivity (Wildman–Crippen MR) is 108 cm³/mol. The van der Waals surface area contributed by atoms with Crippen LogP contribution in [0.1, 0.15) is 11.1 Å². The number of aromatic amines is 2. The van der Waals surface area contributed by atoms with Crippen molar-refractivity contribution in [3.05, 3.63) is 71.8 Å². The highest BCUT2D eigenvalue weighted by Gasteiger charge is 2.10. The fraction of sp³-hybridized carbons (Fsp3) is 0.0909. The van der Waals surface area contributed by atoms with Gasteiger partial charge < -0.3 is 9.97 Å². The van der Waals surface area contributed by atoms with Gasteiger partial charge in [-0.2, -0.15) is 0 Å². The molecule has 0 saturated carbocycles. The number of fused-ring (bicyclic) bond motifs is 2. The molecule has 0 spiro atoms. The van der Waals surface area contributed by atoms with E-state index in [-0.39, 0.29) is 0 Å². The van der Waals surface area contributed by atoms with Crippen LogP contribution in [0.3, 0.4) is 0 Å².